The molecule has 0 bridgehead atoms. The van der Waals surface area contributed by atoms with Crippen molar-refractivity contribution in [2.45, 2.75) is 27.2 Å². The van der Waals surface area contributed by atoms with Gasteiger partial charge >= 0.3 is 11.9 Å². The van der Waals surface area contributed by atoms with Crippen molar-refractivity contribution in [3.63, 3.8) is 0 Å². The third-order valence-corrected chi connectivity index (χ3v) is 4.19. The van der Waals surface area contributed by atoms with Gasteiger partial charge in [0.1, 0.15) is 0 Å². The van der Waals surface area contributed by atoms with Gasteiger partial charge in [0.2, 0.25) is 11.8 Å². The molecular formula is C19H24N2O6. The Morgan fingerprint density at radius 1 is 1.04 bits per heavy atom. The molecule has 0 unspecified atom stereocenters. The summed E-state index contributed by atoms with van der Waals surface area (Å²) in [5, 5.41) is 2.69. The summed E-state index contributed by atoms with van der Waals surface area (Å²) in [6.45, 7) is 6.46. The van der Waals surface area contributed by atoms with Crippen LogP contribution in [0.4, 0.5) is 5.69 Å². The van der Waals surface area contributed by atoms with Crippen LogP contribution in [0.25, 0.3) is 0 Å². The molecule has 27 heavy (non-hydrogen) atoms. The van der Waals surface area contributed by atoms with Gasteiger partial charge in [0.15, 0.2) is 0 Å². The topological polar surface area (TPSA) is 102 Å². The summed E-state index contributed by atoms with van der Waals surface area (Å²) < 4.78 is 9.94. The van der Waals surface area contributed by atoms with Crippen LogP contribution < -0.4 is 5.32 Å². The standard InChI is InChI=1S/C19H24N2O6/c1-4-21-11-14(10-16(21)22)17(23)20-15-8-12(18(24)26-5-2)7-13(9-15)19(25)27-6-3/h7-9,14H,4-6,10-11H2,1-3H3,(H,20,23)/t14-/m0/s1. The predicted octanol–water partition coefficient (Wildman–Crippen LogP) is 1.85. The zero-order chi connectivity index (χ0) is 20.0. The summed E-state index contributed by atoms with van der Waals surface area (Å²) in [7, 11) is 0. The molecule has 2 amide bonds. The quantitative estimate of drug-likeness (QED) is 0.729. The van der Waals surface area contributed by atoms with E-state index in [4.69, 9.17) is 9.47 Å². The third-order valence-electron chi connectivity index (χ3n) is 4.19. The molecule has 1 fully saturated rings. The van der Waals surface area contributed by atoms with Gasteiger partial charge in [-0.05, 0) is 39.0 Å². The smallest absolute Gasteiger partial charge is 0.338 e. The number of esters is 2. The van der Waals surface area contributed by atoms with Crippen molar-refractivity contribution in [1.82, 2.24) is 4.90 Å². The van der Waals surface area contributed by atoms with Gasteiger partial charge in [0, 0.05) is 25.2 Å². The molecule has 1 heterocycles. The molecule has 8 nitrogen and oxygen atoms in total. The number of carbonyl (C=O) groups excluding carboxylic acids is 4. The van der Waals surface area contributed by atoms with E-state index in [-0.39, 0.29) is 48.3 Å². The number of benzene rings is 1. The molecule has 1 aromatic rings. The molecule has 2 rings (SSSR count). The molecular weight excluding hydrogens is 352 g/mol. The number of anilines is 1. The monoisotopic (exact) mass is 376 g/mol. The largest absolute Gasteiger partial charge is 0.462 e. The fourth-order valence-electron chi connectivity index (χ4n) is 2.86. The average Bonchev–Trinajstić information content (AvgIpc) is 3.03. The SMILES string of the molecule is CCOC(=O)c1cc(NC(=O)[C@H]2CC(=O)N(CC)C2)cc(C(=O)OCC)c1. The number of amides is 2. The van der Waals surface area contributed by atoms with Crippen molar-refractivity contribution in [2.75, 3.05) is 31.6 Å². The molecule has 1 aliphatic heterocycles. The van der Waals surface area contributed by atoms with Crippen molar-refractivity contribution in [2.24, 2.45) is 5.92 Å². The van der Waals surface area contributed by atoms with Crippen molar-refractivity contribution >= 4 is 29.4 Å². The number of likely N-dealkylation sites (tertiary alicyclic amines) is 1. The van der Waals surface area contributed by atoms with E-state index >= 15 is 0 Å². The van der Waals surface area contributed by atoms with E-state index in [1.54, 1.807) is 18.7 Å². The lowest BCUT2D eigenvalue weighted by molar-refractivity contribution is -0.128. The molecule has 0 aliphatic carbocycles. The highest BCUT2D eigenvalue weighted by molar-refractivity contribution is 6.01. The maximum absolute atomic E-state index is 12.5. The van der Waals surface area contributed by atoms with E-state index in [0.29, 0.717) is 13.1 Å². The fourth-order valence-corrected chi connectivity index (χ4v) is 2.86. The number of hydrogen-bond acceptors (Lipinski definition) is 6. The Bertz CT molecular complexity index is 709. The van der Waals surface area contributed by atoms with Crippen LogP contribution >= 0.6 is 0 Å². The summed E-state index contributed by atoms with van der Waals surface area (Å²) in [4.78, 5) is 50.1. The second-order valence-electron chi connectivity index (χ2n) is 6.06. The van der Waals surface area contributed by atoms with E-state index in [0.717, 1.165) is 0 Å². The van der Waals surface area contributed by atoms with Crippen molar-refractivity contribution in [3.05, 3.63) is 29.3 Å². The van der Waals surface area contributed by atoms with Gasteiger partial charge in [-0.3, -0.25) is 9.59 Å². The minimum absolute atomic E-state index is 0.0647. The van der Waals surface area contributed by atoms with Gasteiger partial charge < -0.3 is 19.7 Å². The summed E-state index contributed by atoms with van der Waals surface area (Å²) in [6.07, 6.45) is 0.141. The zero-order valence-corrected chi connectivity index (χ0v) is 15.7. The molecule has 0 saturated carbocycles. The van der Waals surface area contributed by atoms with E-state index in [1.807, 2.05) is 6.92 Å². The Hall–Kier alpha value is -2.90. The van der Waals surface area contributed by atoms with E-state index < -0.39 is 17.9 Å². The number of nitrogens with one attached hydrogen (secondary N) is 1. The number of rotatable bonds is 7. The number of hydrogen-bond donors (Lipinski definition) is 1. The van der Waals surface area contributed by atoms with Crippen LogP contribution in [-0.2, 0) is 19.1 Å². The second-order valence-corrected chi connectivity index (χ2v) is 6.06. The zero-order valence-electron chi connectivity index (χ0n) is 15.7. The third kappa shape index (κ3) is 5.06. The highest BCUT2D eigenvalue weighted by Crippen LogP contribution is 2.22. The maximum Gasteiger partial charge on any atom is 0.338 e. The van der Waals surface area contributed by atoms with Crippen LogP contribution in [0.5, 0.6) is 0 Å². The molecule has 8 heteroatoms. The van der Waals surface area contributed by atoms with Crippen molar-refractivity contribution in [1.29, 1.82) is 0 Å². The first-order valence-corrected chi connectivity index (χ1v) is 8.97. The minimum Gasteiger partial charge on any atom is -0.462 e. The lowest BCUT2D eigenvalue weighted by Gasteiger charge is -2.14. The van der Waals surface area contributed by atoms with Crippen molar-refractivity contribution in [3.8, 4) is 0 Å². The van der Waals surface area contributed by atoms with Gasteiger partial charge in [-0.2, -0.15) is 0 Å². The van der Waals surface area contributed by atoms with Crippen molar-refractivity contribution < 1.29 is 28.7 Å². The Balaban J connectivity index is 2.23. The Labute approximate surface area is 157 Å². The Morgan fingerprint density at radius 2 is 1.59 bits per heavy atom. The van der Waals surface area contributed by atoms with E-state index in [1.165, 1.54) is 18.2 Å². The first kappa shape index (κ1) is 20.4. The molecule has 0 radical (unpaired) electrons. The molecule has 1 aliphatic rings. The molecule has 1 aromatic carbocycles. The van der Waals surface area contributed by atoms with Crippen LogP contribution in [0.3, 0.4) is 0 Å². The lowest BCUT2D eigenvalue weighted by Crippen LogP contribution is -2.28. The first-order chi connectivity index (χ1) is 12.9. The van der Waals surface area contributed by atoms with E-state index in [9.17, 15) is 19.2 Å². The van der Waals surface area contributed by atoms with Gasteiger partial charge in [-0.15, -0.1) is 0 Å². The van der Waals surface area contributed by atoms with Crippen LogP contribution in [0, 0.1) is 5.92 Å². The summed E-state index contributed by atoms with van der Waals surface area (Å²) in [5.41, 5.74) is 0.543. The fraction of sp³-hybridized carbons (Fsp3) is 0.474. The van der Waals surface area contributed by atoms with Gasteiger partial charge in [0.05, 0.1) is 30.3 Å². The molecule has 146 valence electrons. The first-order valence-electron chi connectivity index (χ1n) is 8.97. The second kappa shape index (κ2) is 9.16. The number of ether oxygens (including phenoxy) is 2. The van der Waals surface area contributed by atoms with Gasteiger partial charge in [-0.25, -0.2) is 9.59 Å². The van der Waals surface area contributed by atoms with Crippen LogP contribution in [-0.4, -0.2) is 55.0 Å². The molecule has 0 spiro atoms. The normalized spacial score (nSPS) is 16.2. The Kier molecular flexibility index (Phi) is 6.92. The van der Waals surface area contributed by atoms with Crippen LogP contribution in [0.15, 0.2) is 18.2 Å². The predicted molar refractivity (Wildman–Crippen MR) is 97.3 cm³/mol. The minimum atomic E-state index is -0.604. The van der Waals surface area contributed by atoms with E-state index in [2.05, 4.69) is 5.32 Å². The Morgan fingerprint density at radius 3 is 2.04 bits per heavy atom. The molecule has 1 N–H and O–H groups in total. The van der Waals surface area contributed by atoms with Gasteiger partial charge in [-0.1, -0.05) is 0 Å². The molecule has 1 atom stereocenters. The number of carbonyl (C=O) groups is 4. The average molecular weight is 376 g/mol. The summed E-state index contributed by atoms with van der Waals surface area (Å²) in [5.74, 6) is -2.09. The molecule has 1 saturated heterocycles. The van der Waals surface area contributed by atoms with Crippen LogP contribution in [0.1, 0.15) is 47.9 Å². The van der Waals surface area contributed by atoms with Crippen LogP contribution in [0.2, 0.25) is 0 Å². The lowest BCUT2D eigenvalue weighted by atomic mass is 10.1. The number of nitrogens with zero attached hydrogens (tertiary/aromatic N) is 1. The summed E-state index contributed by atoms with van der Waals surface area (Å²) in [6, 6.07) is 4.24. The molecule has 0 aromatic heterocycles. The summed E-state index contributed by atoms with van der Waals surface area (Å²) >= 11 is 0. The van der Waals surface area contributed by atoms with Gasteiger partial charge in [0.25, 0.3) is 0 Å². The highest BCUT2D eigenvalue weighted by Gasteiger charge is 2.33. The maximum atomic E-state index is 12.5. The highest BCUT2D eigenvalue weighted by atomic mass is 16.5.